The topological polar surface area (TPSA) is 104 Å². The molecule has 0 saturated heterocycles. The number of nitrogens with zero attached hydrogens (tertiary/aromatic N) is 2. The van der Waals surface area contributed by atoms with Gasteiger partial charge >= 0.3 is 5.97 Å². The van der Waals surface area contributed by atoms with Crippen molar-refractivity contribution in [3.05, 3.63) is 48.4 Å². The average Bonchev–Trinajstić information content (AvgIpc) is 3.31. The van der Waals surface area contributed by atoms with Gasteiger partial charge in [0.05, 0.1) is 22.4 Å². The molecule has 0 bridgehead atoms. The van der Waals surface area contributed by atoms with Crippen LogP contribution in [0.5, 0.6) is 5.75 Å². The molecular weight excluding hydrogens is 382 g/mol. The predicted octanol–water partition coefficient (Wildman–Crippen LogP) is 3.63. The number of carbonyl (C=O) groups excluding carboxylic acids is 2. The molecule has 4 rings (SSSR count). The molecule has 2 aromatic carbocycles. The summed E-state index contributed by atoms with van der Waals surface area (Å²) in [4.78, 5) is 32.5. The number of nitrogens with one attached hydrogen (secondary N) is 1. The Morgan fingerprint density at radius 3 is 2.93 bits per heavy atom. The third-order valence-corrected chi connectivity index (χ3v) is 4.75. The maximum Gasteiger partial charge on any atom is 0.338 e. The second kappa shape index (κ2) is 7.65. The fourth-order valence-corrected chi connectivity index (χ4v) is 3.48. The SMILES string of the molecule is CCOc1ccc2nc(NC(=O)COC(=O)c3ccc4ocnc4c3)sc2c1. The van der Waals surface area contributed by atoms with Crippen molar-refractivity contribution in [1.82, 2.24) is 9.97 Å². The van der Waals surface area contributed by atoms with Gasteiger partial charge in [0.2, 0.25) is 0 Å². The molecule has 0 saturated carbocycles. The van der Waals surface area contributed by atoms with Gasteiger partial charge in [-0.15, -0.1) is 0 Å². The smallest absolute Gasteiger partial charge is 0.338 e. The van der Waals surface area contributed by atoms with Gasteiger partial charge in [-0.25, -0.2) is 14.8 Å². The summed E-state index contributed by atoms with van der Waals surface area (Å²) in [6, 6.07) is 10.2. The number of carbonyl (C=O) groups is 2. The molecule has 28 heavy (non-hydrogen) atoms. The number of hydrogen-bond donors (Lipinski definition) is 1. The van der Waals surface area contributed by atoms with Crippen molar-refractivity contribution in [2.75, 3.05) is 18.5 Å². The molecule has 0 atom stereocenters. The molecule has 0 spiro atoms. The highest BCUT2D eigenvalue weighted by Crippen LogP contribution is 2.29. The summed E-state index contributed by atoms with van der Waals surface area (Å²) in [5.74, 6) is -0.347. The number of fused-ring (bicyclic) bond motifs is 2. The van der Waals surface area contributed by atoms with Crippen LogP contribution in [-0.2, 0) is 9.53 Å². The summed E-state index contributed by atoms with van der Waals surface area (Å²) >= 11 is 1.32. The Kier molecular flexibility index (Phi) is 4.90. The minimum atomic E-state index is -0.620. The summed E-state index contributed by atoms with van der Waals surface area (Å²) < 4.78 is 16.5. The average molecular weight is 397 g/mol. The van der Waals surface area contributed by atoms with E-state index in [0.29, 0.717) is 22.8 Å². The fraction of sp³-hybridized carbons (Fsp3) is 0.158. The van der Waals surface area contributed by atoms with Crippen LogP contribution in [0.25, 0.3) is 21.3 Å². The Labute approximate surface area is 163 Å². The maximum atomic E-state index is 12.1. The molecular formula is C19H15N3O5S. The van der Waals surface area contributed by atoms with Gasteiger partial charge in [-0.05, 0) is 43.3 Å². The fourth-order valence-electron chi connectivity index (χ4n) is 2.57. The Morgan fingerprint density at radius 1 is 1.18 bits per heavy atom. The van der Waals surface area contributed by atoms with Crippen molar-refractivity contribution in [3.8, 4) is 5.75 Å². The predicted molar refractivity (Wildman–Crippen MR) is 104 cm³/mol. The molecule has 0 unspecified atom stereocenters. The Hall–Kier alpha value is -3.46. The highest BCUT2D eigenvalue weighted by molar-refractivity contribution is 7.22. The number of aromatic nitrogens is 2. The van der Waals surface area contributed by atoms with Gasteiger partial charge in [0.25, 0.3) is 5.91 Å². The first-order valence-corrected chi connectivity index (χ1v) is 9.27. The molecule has 0 aliphatic carbocycles. The first-order chi connectivity index (χ1) is 13.6. The lowest BCUT2D eigenvalue weighted by molar-refractivity contribution is -0.119. The van der Waals surface area contributed by atoms with Crippen molar-refractivity contribution in [1.29, 1.82) is 0 Å². The van der Waals surface area contributed by atoms with E-state index in [2.05, 4.69) is 15.3 Å². The molecule has 0 radical (unpaired) electrons. The van der Waals surface area contributed by atoms with E-state index in [1.54, 1.807) is 18.2 Å². The first-order valence-electron chi connectivity index (χ1n) is 8.46. The van der Waals surface area contributed by atoms with Crippen LogP contribution in [0.3, 0.4) is 0 Å². The van der Waals surface area contributed by atoms with Crippen LogP contribution in [-0.4, -0.2) is 35.1 Å². The van der Waals surface area contributed by atoms with Crippen molar-refractivity contribution >= 4 is 49.7 Å². The zero-order valence-electron chi connectivity index (χ0n) is 14.8. The molecule has 1 N–H and O–H groups in total. The van der Waals surface area contributed by atoms with E-state index in [0.717, 1.165) is 16.0 Å². The van der Waals surface area contributed by atoms with Crippen LogP contribution < -0.4 is 10.1 Å². The minimum Gasteiger partial charge on any atom is -0.494 e. The number of ether oxygens (including phenoxy) is 2. The van der Waals surface area contributed by atoms with Gasteiger partial charge in [-0.2, -0.15) is 0 Å². The molecule has 1 amide bonds. The largest absolute Gasteiger partial charge is 0.494 e. The second-order valence-corrected chi connectivity index (χ2v) is 6.77. The summed E-state index contributed by atoms with van der Waals surface area (Å²) in [5, 5.41) is 3.06. The molecule has 8 nitrogen and oxygen atoms in total. The van der Waals surface area contributed by atoms with E-state index in [-0.39, 0.29) is 5.56 Å². The molecule has 4 aromatic rings. The molecule has 0 fully saturated rings. The molecule has 2 heterocycles. The van der Waals surface area contributed by atoms with Gasteiger partial charge < -0.3 is 13.9 Å². The van der Waals surface area contributed by atoms with Crippen molar-refractivity contribution in [2.24, 2.45) is 0 Å². The standard InChI is InChI=1S/C19H15N3O5S/c1-2-25-12-4-5-13-16(8-12)28-19(21-13)22-17(23)9-26-18(24)11-3-6-15-14(7-11)20-10-27-15/h3-8,10H,2,9H2,1H3,(H,21,22,23). The highest BCUT2D eigenvalue weighted by Gasteiger charge is 2.14. The monoisotopic (exact) mass is 397 g/mol. The van der Waals surface area contributed by atoms with E-state index >= 15 is 0 Å². The van der Waals surface area contributed by atoms with Crippen LogP contribution >= 0.6 is 11.3 Å². The first kappa shape index (κ1) is 17.9. The Bertz CT molecular complexity index is 1170. The summed E-state index contributed by atoms with van der Waals surface area (Å²) in [7, 11) is 0. The molecule has 142 valence electrons. The Morgan fingerprint density at radius 2 is 2.07 bits per heavy atom. The van der Waals surface area contributed by atoms with Crippen LogP contribution in [0.15, 0.2) is 47.2 Å². The van der Waals surface area contributed by atoms with Crippen molar-refractivity contribution in [3.63, 3.8) is 0 Å². The summed E-state index contributed by atoms with van der Waals surface area (Å²) in [6.07, 6.45) is 1.29. The number of anilines is 1. The molecule has 2 aromatic heterocycles. The zero-order chi connectivity index (χ0) is 19.5. The summed E-state index contributed by atoms with van der Waals surface area (Å²) in [5.41, 5.74) is 2.15. The third-order valence-electron chi connectivity index (χ3n) is 3.82. The lowest BCUT2D eigenvalue weighted by Gasteiger charge is -2.04. The molecule has 0 aliphatic heterocycles. The van der Waals surface area contributed by atoms with Gasteiger partial charge in [0, 0.05) is 0 Å². The quantitative estimate of drug-likeness (QED) is 0.496. The number of esters is 1. The third kappa shape index (κ3) is 3.79. The normalized spacial score (nSPS) is 10.9. The zero-order valence-corrected chi connectivity index (χ0v) is 15.6. The van der Waals surface area contributed by atoms with E-state index in [9.17, 15) is 9.59 Å². The van der Waals surface area contributed by atoms with Gasteiger partial charge in [-0.3, -0.25) is 10.1 Å². The lowest BCUT2D eigenvalue weighted by Crippen LogP contribution is -2.20. The highest BCUT2D eigenvalue weighted by atomic mass is 32.1. The Balaban J connectivity index is 1.37. The van der Waals surface area contributed by atoms with Crippen LogP contribution in [0.4, 0.5) is 5.13 Å². The summed E-state index contributed by atoms with van der Waals surface area (Å²) in [6.45, 7) is 2.06. The van der Waals surface area contributed by atoms with E-state index in [1.165, 1.54) is 17.7 Å². The van der Waals surface area contributed by atoms with Crippen LogP contribution in [0.2, 0.25) is 0 Å². The second-order valence-electron chi connectivity index (χ2n) is 5.74. The van der Waals surface area contributed by atoms with Crippen LogP contribution in [0, 0.1) is 0 Å². The van der Waals surface area contributed by atoms with Crippen molar-refractivity contribution < 1.29 is 23.5 Å². The number of hydrogen-bond acceptors (Lipinski definition) is 8. The molecule has 9 heteroatoms. The number of thiazole rings is 1. The van der Waals surface area contributed by atoms with Crippen molar-refractivity contribution in [2.45, 2.75) is 6.92 Å². The van der Waals surface area contributed by atoms with Gasteiger partial charge in [0.1, 0.15) is 11.3 Å². The maximum absolute atomic E-state index is 12.1. The van der Waals surface area contributed by atoms with E-state index in [1.807, 2.05) is 25.1 Å². The van der Waals surface area contributed by atoms with Gasteiger partial charge in [-0.1, -0.05) is 11.3 Å². The number of amides is 1. The minimum absolute atomic E-state index is 0.289. The number of oxazole rings is 1. The van der Waals surface area contributed by atoms with Crippen LogP contribution in [0.1, 0.15) is 17.3 Å². The lowest BCUT2D eigenvalue weighted by atomic mass is 10.2. The van der Waals surface area contributed by atoms with Gasteiger partial charge in [0.15, 0.2) is 23.7 Å². The molecule has 0 aliphatic rings. The van der Waals surface area contributed by atoms with E-state index < -0.39 is 18.5 Å². The number of benzene rings is 2. The number of rotatable bonds is 6. The van der Waals surface area contributed by atoms with E-state index in [4.69, 9.17) is 13.9 Å².